The molecule has 1 aliphatic rings. The Labute approximate surface area is 99.6 Å². The average Bonchev–Trinajstić information content (AvgIpc) is 2.11. The minimum absolute atomic E-state index is 0. The van der Waals surface area contributed by atoms with E-state index in [2.05, 4.69) is 18.6 Å². The molecule has 0 aromatic rings. The van der Waals surface area contributed by atoms with E-state index in [-0.39, 0.29) is 22.3 Å². The lowest BCUT2D eigenvalue weighted by Crippen LogP contribution is -2.08. The van der Waals surface area contributed by atoms with Crippen molar-refractivity contribution < 1.29 is 4.74 Å². The molecule has 1 heteroatoms. The van der Waals surface area contributed by atoms with Gasteiger partial charge in [-0.3, -0.25) is 0 Å². The molecule has 1 aliphatic carbocycles. The Morgan fingerprint density at radius 3 is 1.20 bits per heavy atom. The molecule has 0 heterocycles. The molecule has 1 nitrogen and oxygen atoms in total. The minimum Gasteiger partial charge on any atom is -0.385 e. The first kappa shape index (κ1) is 24.3. The molecular weight excluding hydrogens is 184 g/mol. The number of hydrogen-bond acceptors (Lipinski definition) is 1. The van der Waals surface area contributed by atoms with Gasteiger partial charge in [0.25, 0.3) is 0 Å². The highest BCUT2D eigenvalue weighted by molar-refractivity contribution is 4.65. The van der Waals surface area contributed by atoms with Gasteiger partial charge in [0, 0.05) is 13.7 Å². The highest BCUT2D eigenvalue weighted by atomic mass is 16.5. The van der Waals surface area contributed by atoms with E-state index < -0.39 is 0 Å². The summed E-state index contributed by atoms with van der Waals surface area (Å²) < 4.78 is 4.54. The maximum absolute atomic E-state index is 4.54. The summed E-state index contributed by atoms with van der Waals surface area (Å²) in [4.78, 5) is 0. The number of ether oxygens (including phenoxy) is 1. The van der Waals surface area contributed by atoms with Crippen LogP contribution in [0.4, 0.5) is 0 Å². The third-order valence-corrected chi connectivity index (χ3v) is 2.59. The minimum atomic E-state index is 0. The molecule has 1 fully saturated rings. The van der Waals surface area contributed by atoms with Crippen molar-refractivity contribution in [2.75, 3.05) is 13.7 Å². The molecule has 0 saturated heterocycles. The van der Waals surface area contributed by atoms with Crippen molar-refractivity contribution in [1.82, 2.24) is 0 Å². The molecule has 0 amide bonds. The molecule has 0 bridgehead atoms. The normalized spacial score (nSPS) is 23.2. The standard InChI is InChI=1S/C8H16.C3H8O.3CH4/c1-7-3-5-8(2)6-4-7;1-3-4-2;;;/h7-8H,3-6H2,1-2H3;3H2,1-2H3;3*1H4. The van der Waals surface area contributed by atoms with Crippen LogP contribution in [0.1, 0.15) is 68.7 Å². The summed E-state index contributed by atoms with van der Waals surface area (Å²) in [6.45, 7) is 7.51. The van der Waals surface area contributed by atoms with Crippen LogP contribution in [0.2, 0.25) is 0 Å². The summed E-state index contributed by atoms with van der Waals surface area (Å²) in [6, 6.07) is 0. The van der Waals surface area contributed by atoms with Crippen molar-refractivity contribution in [3.63, 3.8) is 0 Å². The maximum atomic E-state index is 4.54. The van der Waals surface area contributed by atoms with Crippen molar-refractivity contribution in [3.05, 3.63) is 0 Å². The summed E-state index contributed by atoms with van der Waals surface area (Å²) >= 11 is 0. The SMILES string of the molecule is C.C.C.CC1CCC(C)CC1.CCOC. The molecule has 0 aromatic heterocycles. The largest absolute Gasteiger partial charge is 0.385 e. The first-order valence-electron chi connectivity index (χ1n) is 5.19. The van der Waals surface area contributed by atoms with Crippen LogP contribution in [0, 0.1) is 11.8 Å². The van der Waals surface area contributed by atoms with Crippen LogP contribution >= 0.6 is 0 Å². The van der Waals surface area contributed by atoms with Crippen LogP contribution in [0.3, 0.4) is 0 Å². The van der Waals surface area contributed by atoms with Crippen LogP contribution in [0.25, 0.3) is 0 Å². The Morgan fingerprint density at radius 2 is 1.07 bits per heavy atom. The highest BCUT2D eigenvalue weighted by Gasteiger charge is 2.13. The lowest BCUT2D eigenvalue weighted by Gasteiger charge is -2.22. The van der Waals surface area contributed by atoms with Gasteiger partial charge in [0.05, 0.1) is 0 Å². The molecule has 0 aromatic carbocycles. The van der Waals surface area contributed by atoms with Gasteiger partial charge in [-0.1, -0.05) is 61.8 Å². The van der Waals surface area contributed by atoms with E-state index in [0.717, 1.165) is 18.4 Å². The summed E-state index contributed by atoms with van der Waals surface area (Å²) in [5.41, 5.74) is 0. The van der Waals surface area contributed by atoms with E-state index in [4.69, 9.17) is 0 Å². The van der Waals surface area contributed by atoms with Gasteiger partial charge in [-0.2, -0.15) is 0 Å². The van der Waals surface area contributed by atoms with Crippen molar-refractivity contribution in [2.24, 2.45) is 11.8 Å². The molecule has 1 saturated carbocycles. The van der Waals surface area contributed by atoms with Crippen LogP contribution in [-0.4, -0.2) is 13.7 Å². The predicted octanol–water partition coefficient (Wildman–Crippen LogP) is 5.39. The zero-order chi connectivity index (χ0) is 9.40. The van der Waals surface area contributed by atoms with E-state index in [0.29, 0.717) is 0 Å². The summed E-state index contributed by atoms with van der Waals surface area (Å²) in [7, 11) is 1.68. The fourth-order valence-electron chi connectivity index (χ4n) is 1.43. The first-order valence-corrected chi connectivity index (χ1v) is 5.19. The van der Waals surface area contributed by atoms with Gasteiger partial charge < -0.3 is 4.74 Å². The van der Waals surface area contributed by atoms with Crippen LogP contribution in [0.5, 0.6) is 0 Å². The van der Waals surface area contributed by atoms with Gasteiger partial charge >= 0.3 is 0 Å². The second-order valence-corrected chi connectivity index (χ2v) is 3.94. The zero-order valence-corrected chi connectivity index (χ0v) is 9.10. The van der Waals surface area contributed by atoms with Gasteiger partial charge in [0.15, 0.2) is 0 Å². The van der Waals surface area contributed by atoms with E-state index >= 15 is 0 Å². The monoisotopic (exact) mass is 220 g/mol. The lowest BCUT2D eigenvalue weighted by atomic mass is 9.84. The molecule has 0 unspecified atom stereocenters. The number of methoxy groups -OCH3 is 1. The third-order valence-electron chi connectivity index (χ3n) is 2.59. The van der Waals surface area contributed by atoms with E-state index in [1.54, 1.807) is 7.11 Å². The van der Waals surface area contributed by atoms with Gasteiger partial charge in [-0.25, -0.2) is 0 Å². The highest BCUT2D eigenvalue weighted by Crippen LogP contribution is 2.27. The topological polar surface area (TPSA) is 9.23 Å². The second-order valence-electron chi connectivity index (χ2n) is 3.94. The van der Waals surface area contributed by atoms with Gasteiger partial charge in [0.2, 0.25) is 0 Å². The van der Waals surface area contributed by atoms with Crippen LogP contribution in [0.15, 0.2) is 0 Å². The fraction of sp³-hybridized carbons (Fsp3) is 1.00. The molecule has 15 heavy (non-hydrogen) atoms. The average molecular weight is 220 g/mol. The molecule has 0 spiro atoms. The quantitative estimate of drug-likeness (QED) is 0.575. The molecule has 98 valence electrons. The second kappa shape index (κ2) is 16.4. The van der Waals surface area contributed by atoms with Crippen molar-refractivity contribution in [2.45, 2.75) is 68.7 Å². The smallest absolute Gasteiger partial charge is 0.0433 e. The maximum Gasteiger partial charge on any atom is 0.0433 e. The van der Waals surface area contributed by atoms with Gasteiger partial charge in [-0.05, 0) is 18.8 Å². The van der Waals surface area contributed by atoms with E-state index in [1.165, 1.54) is 25.7 Å². The Kier molecular flexibility index (Phi) is 26.5. The van der Waals surface area contributed by atoms with Gasteiger partial charge in [-0.15, -0.1) is 0 Å². The Morgan fingerprint density at radius 1 is 0.867 bits per heavy atom. The predicted molar refractivity (Wildman–Crippen MR) is 74.5 cm³/mol. The molecule has 0 radical (unpaired) electrons. The van der Waals surface area contributed by atoms with Gasteiger partial charge in [0.1, 0.15) is 0 Å². The van der Waals surface area contributed by atoms with Crippen molar-refractivity contribution >= 4 is 0 Å². The van der Waals surface area contributed by atoms with Crippen molar-refractivity contribution in [1.29, 1.82) is 0 Å². The molecule has 0 aliphatic heterocycles. The summed E-state index contributed by atoms with van der Waals surface area (Å²) in [5, 5.41) is 0. The van der Waals surface area contributed by atoms with Crippen LogP contribution in [-0.2, 0) is 4.74 Å². The Balaban J connectivity index is -0.0000000779. The molecular formula is C14H36O. The Hall–Kier alpha value is -0.0400. The third kappa shape index (κ3) is 16.6. The molecule has 0 N–H and O–H groups in total. The van der Waals surface area contributed by atoms with Crippen molar-refractivity contribution in [3.8, 4) is 0 Å². The van der Waals surface area contributed by atoms with E-state index in [1.807, 2.05) is 6.92 Å². The van der Waals surface area contributed by atoms with E-state index in [9.17, 15) is 0 Å². The molecule has 1 rings (SSSR count). The zero-order valence-electron chi connectivity index (χ0n) is 9.10. The Bertz CT molecular complexity index is 71.3. The summed E-state index contributed by atoms with van der Waals surface area (Å²) in [5.74, 6) is 2.04. The first-order chi connectivity index (χ1) is 5.70. The fourth-order valence-corrected chi connectivity index (χ4v) is 1.43. The summed E-state index contributed by atoms with van der Waals surface area (Å²) in [6.07, 6.45) is 5.89. The number of rotatable bonds is 1. The lowest BCUT2D eigenvalue weighted by molar-refractivity contribution is 0.215. The van der Waals surface area contributed by atoms with Crippen LogP contribution < -0.4 is 0 Å². The number of hydrogen-bond donors (Lipinski definition) is 0. The molecule has 0 atom stereocenters.